The molecule has 0 saturated carbocycles. The van der Waals surface area contributed by atoms with Gasteiger partial charge in [0.05, 0.1) is 11.6 Å². The fraction of sp³-hybridized carbons (Fsp3) is 0.167. The summed E-state index contributed by atoms with van der Waals surface area (Å²) < 4.78 is 0. The molecule has 0 aliphatic rings. The molecule has 118 valence electrons. The number of carboxylic acid groups (broad SMARTS) is 1. The molecule has 2 aromatic carbocycles. The molecule has 0 aliphatic carbocycles. The Morgan fingerprint density at radius 2 is 1.78 bits per heavy atom. The van der Waals surface area contributed by atoms with Crippen LogP contribution < -0.4 is 0 Å². The zero-order valence-electron chi connectivity index (χ0n) is 12.4. The van der Waals surface area contributed by atoms with Gasteiger partial charge in [0, 0.05) is 20.9 Å². The molecular weight excluding hydrogens is 333 g/mol. The van der Waals surface area contributed by atoms with E-state index in [9.17, 15) is 9.90 Å². The van der Waals surface area contributed by atoms with E-state index in [1.807, 2.05) is 31.2 Å². The number of carbonyl (C=O) groups is 1. The third-order valence-electron chi connectivity index (χ3n) is 3.99. The van der Waals surface area contributed by atoms with Crippen LogP contribution in [0.15, 0.2) is 42.5 Å². The molecule has 5 heteroatoms. The first-order valence-corrected chi connectivity index (χ1v) is 8.06. The summed E-state index contributed by atoms with van der Waals surface area (Å²) in [5.41, 5.74) is 3.33. The predicted molar refractivity (Wildman–Crippen MR) is 94.4 cm³/mol. The molecule has 0 fully saturated rings. The molecule has 3 aromatic rings. The number of halogens is 2. The van der Waals surface area contributed by atoms with Gasteiger partial charge < -0.3 is 10.1 Å². The summed E-state index contributed by atoms with van der Waals surface area (Å²) >= 11 is 12.1. The lowest BCUT2D eigenvalue weighted by molar-refractivity contribution is -0.138. The Labute approximate surface area is 143 Å². The van der Waals surface area contributed by atoms with Gasteiger partial charge in [0.1, 0.15) is 0 Å². The smallest absolute Gasteiger partial charge is 0.311 e. The standard InChI is InChI=1S/C18H15Cl2NO2/c1-2-13(18(22)23)16-14-9-12(20)7-8-15(14)21-17(16)10-3-5-11(19)6-4-10/h3-9,13,21H,2H2,1H3,(H,22,23). The average molecular weight is 348 g/mol. The molecule has 1 heterocycles. The molecule has 0 amide bonds. The molecule has 23 heavy (non-hydrogen) atoms. The second-order valence-corrected chi connectivity index (χ2v) is 6.28. The van der Waals surface area contributed by atoms with Crippen LogP contribution in [0.3, 0.4) is 0 Å². The maximum absolute atomic E-state index is 11.7. The lowest BCUT2D eigenvalue weighted by Gasteiger charge is -2.12. The highest BCUT2D eigenvalue weighted by Gasteiger charge is 2.26. The second kappa shape index (κ2) is 6.26. The number of carboxylic acids is 1. The van der Waals surface area contributed by atoms with Gasteiger partial charge in [-0.15, -0.1) is 0 Å². The van der Waals surface area contributed by atoms with Crippen LogP contribution in [0, 0.1) is 0 Å². The summed E-state index contributed by atoms with van der Waals surface area (Å²) in [6, 6.07) is 12.8. The molecule has 1 unspecified atom stereocenters. The van der Waals surface area contributed by atoms with E-state index >= 15 is 0 Å². The fourth-order valence-corrected chi connectivity index (χ4v) is 3.19. The van der Waals surface area contributed by atoms with E-state index in [1.165, 1.54) is 0 Å². The fourth-order valence-electron chi connectivity index (χ4n) is 2.89. The van der Waals surface area contributed by atoms with Gasteiger partial charge in [0.2, 0.25) is 0 Å². The maximum Gasteiger partial charge on any atom is 0.311 e. The molecule has 1 aromatic heterocycles. The molecule has 3 nitrogen and oxygen atoms in total. The van der Waals surface area contributed by atoms with Crippen LogP contribution in [-0.2, 0) is 4.79 Å². The van der Waals surface area contributed by atoms with Gasteiger partial charge in [-0.1, -0.05) is 42.3 Å². The van der Waals surface area contributed by atoms with Crippen molar-refractivity contribution in [2.45, 2.75) is 19.3 Å². The summed E-state index contributed by atoms with van der Waals surface area (Å²) in [6.45, 7) is 1.87. The first kappa shape index (κ1) is 15.9. The van der Waals surface area contributed by atoms with Crippen LogP contribution in [0.2, 0.25) is 10.0 Å². The lowest BCUT2D eigenvalue weighted by Crippen LogP contribution is -2.11. The van der Waals surface area contributed by atoms with Crippen molar-refractivity contribution in [2.75, 3.05) is 0 Å². The quantitative estimate of drug-likeness (QED) is 0.633. The molecular formula is C18H15Cl2NO2. The van der Waals surface area contributed by atoms with Gasteiger partial charge in [-0.2, -0.15) is 0 Å². The number of hydrogen-bond acceptors (Lipinski definition) is 1. The Morgan fingerprint density at radius 3 is 2.39 bits per heavy atom. The number of aromatic amines is 1. The van der Waals surface area contributed by atoms with Crippen molar-refractivity contribution >= 4 is 40.1 Å². The monoisotopic (exact) mass is 347 g/mol. The Kier molecular flexibility index (Phi) is 4.33. The minimum absolute atomic E-state index is 0.495. The van der Waals surface area contributed by atoms with E-state index in [1.54, 1.807) is 18.2 Å². The molecule has 2 N–H and O–H groups in total. The number of fused-ring (bicyclic) bond motifs is 1. The summed E-state index contributed by atoms with van der Waals surface area (Å²) in [7, 11) is 0. The van der Waals surface area contributed by atoms with Crippen molar-refractivity contribution in [1.82, 2.24) is 4.98 Å². The molecule has 1 atom stereocenters. The van der Waals surface area contributed by atoms with Gasteiger partial charge in [-0.25, -0.2) is 0 Å². The SMILES string of the molecule is CCC(C(=O)O)c1c(-c2ccc(Cl)cc2)[nH]c2ccc(Cl)cc12. The number of benzene rings is 2. The molecule has 0 radical (unpaired) electrons. The largest absolute Gasteiger partial charge is 0.481 e. The van der Waals surface area contributed by atoms with Gasteiger partial charge in [-0.05, 0) is 47.9 Å². The van der Waals surface area contributed by atoms with Crippen molar-refractivity contribution in [3.05, 3.63) is 58.1 Å². The summed E-state index contributed by atoms with van der Waals surface area (Å²) in [5.74, 6) is -1.45. The second-order valence-electron chi connectivity index (χ2n) is 5.41. The zero-order chi connectivity index (χ0) is 16.6. The van der Waals surface area contributed by atoms with Crippen molar-refractivity contribution < 1.29 is 9.90 Å². The average Bonchev–Trinajstić information content (AvgIpc) is 2.87. The number of rotatable bonds is 4. The van der Waals surface area contributed by atoms with Gasteiger partial charge in [0.15, 0.2) is 0 Å². The summed E-state index contributed by atoms with van der Waals surface area (Å²) in [6.07, 6.45) is 0.495. The topological polar surface area (TPSA) is 53.1 Å². The van der Waals surface area contributed by atoms with Crippen LogP contribution in [-0.4, -0.2) is 16.1 Å². The van der Waals surface area contributed by atoms with E-state index < -0.39 is 11.9 Å². The van der Waals surface area contributed by atoms with E-state index in [4.69, 9.17) is 23.2 Å². The summed E-state index contributed by atoms with van der Waals surface area (Å²) in [5, 5.41) is 11.7. The number of H-pyrrole nitrogens is 1. The number of nitrogens with one attached hydrogen (secondary N) is 1. The third kappa shape index (κ3) is 2.94. The predicted octanol–water partition coefficient (Wildman–Crippen LogP) is 5.72. The zero-order valence-corrected chi connectivity index (χ0v) is 13.9. The van der Waals surface area contributed by atoms with Crippen LogP contribution >= 0.6 is 23.2 Å². The maximum atomic E-state index is 11.7. The number of aliphatic carboxylic acids is 1. The number of hydrogen-bond donors (Lipinski definition) is 2. The van der Waals surface area contributed by atoms with Crippen LogP contribution in [0.1, 0.15) is 24.8 Å². The lowest BCUT2D eigenvalue weighted by atomic mass is 9.91. The van der Waals surface area contributed by atoms with Crippen LogP contribution in [0.4, 0.5) is 0 Å². The summed E-state index contributed by atoms with van der Waals surface area (Å²) in [4.78, 5) is 15.1. The van der Waals surface area contributed by atoms with E-state index in [0.717, 1.165) is 27.7 Å². The number of aromatic nitrogens is 1. The highest BCUT2D eigenvalue weighted by molar-refractivity contribution is 6.31. The third-order valence-corrected chi connectivity index (χ3v) is 4.48. The first-order chi connectivity index (χ1) is 11.0. The Hall–Kier alpha value is -1.97. The van der Waals surface area contributed by atoms with Crippen molar-refractivity contribution in [3.8, 4) is 11.3 Å². The van der Waals surface area contributed by atoms with E-state index in [-0.39, 0.29) is 0 Å². The van der Waals surface area contributed by atoms with Crippen molar-refractivity contribution in [2.24, 2.45) is 0 Å². The highest BCUT2D eigenvalue weighted by Crippen LogP contribution is 2.38. The Morgan fingerprint density at radius 1 is 1.13 bits per heavy atom. The van der Waals surface area contributed by atoms with E-state index in [2.05, 4.69) is 4.98 Å². The Balaban J connectivity index is 2.31. The first-order valence-electron chi connectivity index (χ1n) is 7.31. The van der Waals surface area contributed by atoms with Crippen molar-refractivity contribution in [1.29, 1.82) is 0 Å². The molecule has 3 rings (SSSR count). The highest BCUT2D eigenvalue weighted by atomic mass is 35.5. The van der Waals surface area contributed by atoms with Gasteiger partial charge in [-0.3, -0.25) is 4.79 Å². The van der Waals surface area contributed by atoms with E-state index in [0.29, 0.717) is 16.5 Å². The van der Waals surface area contributed by atoms with Crippen molar-refractivity contribution in [3.63, 3.8) is 0 Å². The molecule has 0 aliphatic heterocycles. The Bertz CT molecular complexity index is 869. The van der Waals surface area contributed by atoms with Crippen LogP contribution in [0.25, 0.3) is 22.2 Å². The minimum atomic E-state index is -0.844. The molecule has 0 bridgehead atoms. The molecule has 0 spiro atoms. The normalized spacial score (nSPS) is 12.5. The van der Waals surface area contributed by atoms with Gasteiger partial charge >= 0.3 is 5.97 Å². The van der Waals surface area contributed by atoms with Crippen LogP contribution in [0.5, 0.6) is 0 Å². The minimum Gasteiger partial charge on any atom is -0.481 e. The molecule has 0 saturated heterocycles. The van der Waals surface area contributed by atoms with Gasteiger partial charge in [0.25, 0.3) is 0 Å².